The van der Waals surface area contributed by atoms with Crippen molar-refractivity contribution in [3.63, 3.8) is 0 Å². The fourth-order valence-corrected chi connectivity index (χ4v) is 8.05. The van der Waals surface area contributed by atoms with E-state index in [-0.39, 0.29) is 11.8 Å². The van der Waals surface area contributed by atoms with Crippen LogP contribution < -0.4 is 5.32 Å². The van der Waals surface area contributed by atoms with E-state index in [4.69, 9.17) is 4.98 Å². The third-order valence-electron chi connectivity index (χ3n) is 7.52. The number of amides is 1. The van der Waals surface area contributed by atoms with Crippen molar-refractivity contribution in [2.75, 3.05) is 5.32 Å². The number of nitrogens with zero attached hydrogens (tertiary/aromatic N) is 1. The number of nitrogens with one attached hydrogen (secondary N) is 1. The van der Waals surface area contributed by atoms with Crippen molar-refractivity contribution in [3.8, 4) is 11.3 Å². The van der Waals surface area contributed by atoms with Crippen molar-refractivity contribution in [2.45, 2.75) is 36.5 Å². The molecular formula is C31H28N2O3S2. The molecule has 3 N–H and O–H groups in total. The Bertz CT molecular complexity index is 1660. The molecule has 6 rings (SSSR count). The van der Waals surface area contributed by atoms with Crippen LogP contribution in [0.25, 0.3) is 22.0 Å². The Balaban J connectivity index is 1.35. The summed E-state index contributed by atoms with van der Waals surface area (Å²) in [5, 5.41) is 7.88. The average Bonchev–Trinajstić information content (AvgIpc) is 3.37. The lowest BCUT2D eigenvalue weighted by Gasteiger charge is -2.46. The molecule has 0 aliphatic carbocycles. The molecule has 0 unspecified atom stereocenters. The molecule has 0 atom stereocenters. The van der Waals surface area contributed by atoms with Crippen molar-refractivity contribution < 1.29 is 13.9 Å². The minimum absolute atomic E-state index is 0.180. The fourth-order valence-electron chi connectivity index (χ4n) is 5.54. The van der Waals surface area contributed by atoms with Crippen LogP contribution >= 0.6 is 21.9 Å². The van der Waals surface area contributed by atoms with E-state index in [1.165, 1.54) is 22.3 Å². The Morgan fingerprint density at radius 1 is 0.868 bits per heavy atom. The van der Waals surface area contributed by atoms with E-state index in [2.05, 4.69) is 36.5 Å². The Morgan fingerprint density at radius 3 is 2.11 bits per heavy atom. The minimum atomic E-state index is -3.17. The lowest BCUT2D eigenvalue weighted by molar-refractivity contribution is -0.124. The average molecular weight is 541 g/mol. The number of fused-ring (bicyclic) bond motifs is 3. The molecule has 1 aromatic heterocycles. The maximum absolute atomic E-state index is 13.9. The summed E-state index contributed by atoms with van der Waals surface area (Å²) < 4.78 is 22.3. The van der Waals surface area contributed by atoms with Gasteiger partial charge in [0.25, 0.3) is 0 Å². The maximum atomic E-state index is 13.9. The van der Waals surface area contributed by atoms with Crippen molar-refractivity contribution >= 4 is 43.7 Å². The van der Waals surface area contributed by atoms with Gasteiger partial charge in [-0.3, -0.25) is 13.9 Å². The first kappa shape index (κ1) is 24.8. The van der Waals surface area contributed by atoms with Gasteiger partial charge in [0.05, 0.1) is 20.9 Å². The van der Waals surface area contributed by atoms with E-state index in [0.29, 0.717) is 14.9 Å². The van der Waals surface area contributed by atoms with Crippen LogP contribution in [0.5, 0.6) is 0 Å². The summed E-state index contributed by atoms with van der Waals surface area (Å²) in [4.78, 5) is 19.6. The number of aromatic nitrogens is 1. The van der Waals surface area contributed by atoms with Gasteiger partial charge in [0.2, 0.25) is 5.91 Å². The lowest BCUT2D eigenvalue weighted by atomic mass is 9.70. The summed E-state index contributed by atoms with van der Waals surface area (Å²) in [5.41, 5.74) is 3.67. The highest BCUT2D eigenvalue weighted by Gasteiger charge is 2.46. The van der Waals surface area contributed by atoms with Gasteiger partial charge in [0.15, 0.2) is 5.13 Å². The van der Waals surface area contributed by atoms with Gasteiger partial charge in [0.1, 0.15) is 0 Å². The van der Waals surface area contributed by atoms with Crippen LogP contribution in [0.1, 0.15) is 36.5 Å². The van der Waals surface area contributed by atoms with Gasteiger partial charge in [-0.15, -0.1) is 21.9 Å². The lowest BCUT2D eigenvalue weighted by Crippen LogP contribution is -2.39. The zero-order valence-corrected chi connectivity index (χ0v) is 22.9. The summed E-state index contributed by atoms with van der Waals surface area (Å²) in [6.07, 6.45) is 0. The number of carbonyl (C=O) groups excluding carboxylic acids is 1. The second-order valence-corrected chi connectivity index (χ2v) is 13.1. The van der Waals surface area contributed by atoms with Crippen LogP contribution in [0.2, 0.25) is 0 Å². The van der Waals surface area contributed by atoms with Crippen LogP contribution in [0, 0.1) is 12.3 Å². The van der Waals surface area contributed by atoms with Crippen LogP contribution in [0.3, 0.4) is 0 Å². The molecule has 5 nitrogen and oxygen atoms in total. The van der Waals surface area contributed by atoms with Gasteiger partial charge in [-0.25, -0.2) is 4.98 Å². The Morgan fingerprint density at radius 2 is 1.45 bits per heavy atom. The molecule has 4 aromatic carbocycles. The third-order valence-corrected chi connectivity index (χ3v) is 10.3. The zero-order chi connectivity index (χ0) is 26.7. The number of carbonyl (C=O) groups is 1. The van der Waals surface area contributed by atoms with Crippen LogP contribution in [-0.2, 0) is 4.79 Å². The van der Waals surface area contributed by atoms with Gasteiger partial charge in [0, 0.05) is 16.9 Å². The molecule has 192 valence electrons. The predicted octanol–water partition coefficient (Wildman–Crippen LogP) is 8.55. The highest BCUT2D eigenvalue weighted by atomic mass is 32.3. The molecule has 38 heavy (non-hydrogen) atoms. The largest absolute Gasteiger partial charge is 0.301 e. The molecule has 1 amide bonds. The highest BCUT2D eigenvalue weighted by molar-refractivity contribution is 8.24. The SMILES string of the molecule is Cc1ccc(-c2csc(NC(=O)C(C)(C)C3c4ccccc4S(O)(O)c4ccccc43)n2)c2ccccc12. The standard InChI is InChI=1S/C31H28N2O3S2/c1-19-16-17-22(21-11-5-4-10-20(19)21)25-18-37-30(32-25)33-29(34)31(2,3)28-23-12-6-8-14-26(23)38(35,36)27-15-9-7-13-24(27)28/h4-18,28,35-36H,1-3H3,(H,32,33,34). The number of benzene rings is 4. The number of hydrogen-bond donors (Lipinski definition) is 3. The summed E-state index contributed by atoms with van der Waals surface area (Å²) in [7, 11) is -3.17. The normalized spacial score (nSPS) is 15.5. The van der Waals surface area contributed by atoms with Crippen molar-refractivity contribution in [1.29, 1.82) is 0 Å². The van der Waals surface area contributed by atoms with E-state index in [0.717, 1.165) is 27.8 Å². The Hall–Kier alpha value is -3.49. The number of hydrogen-bond acceptors (Lipinski definition) is 5. The van der Waals surface area contributed by atoms with Crippen LogP contribution in [-0.4, -0.2) is 20.0 Å². The number of thiazole rings is 1. The van der Waals surface area contributed by atoms with E-state index < -0.39 is 16.0 Å². The highest BCUT2D eigenvalue weighted by Crippen LogP contribution is 2.66. The van der Waals surface area contributed by atoms with Gasteiger partial charge in [-0.05, 0) is 46.5 Å². The summed E-state index contributed by atoms with van der Waals surface area (Å²) in [5.74, 6) is -0.546. The van der Waals surface area contributed by atoms with Gasteiger partial charge >= 0.3 is 0 Å². The fraction of sp³-hybridized carbons (Fsp3) is 0.161. The predicted molar refractivity (Wildman–Crippen MR) is 156 cm³/mol. The first-order valence-electron chi connectivity index (χ1n) is 12.4. The van der Waals surface area contributed by atoms with E-state index in [1.807, 2.05) is 55.6 Å². The van der Waals surface area contributed by atoms with Crippen molar-refractivity contribution in [2.24, 2.45) is 5.41 Å². The van der Waals surface area contributed by atoms with Crippen LogP contribution in [0.15, 0.2) is 100 Å². The Labute approximate surface area is 227 Å². The molecule has 0 fully saturated rings. The zero-order valence-electron chi connectivity index (χ0n) is 21.3. The molecule has 7 heteroatoms. The first-order valence-corrected chi connectivity index (χ1v) is 14.8. The smallest absolute Gasteiger partial charge is 0.232 e. The maximum Gasteiger partial charge on any atom is 0.232 e. The molecule has 0 saturated carbocycles. The van der Waals surface area contributed by atoms with Gasteiger partial charge in [-0.1, -0.05) is 86.6 Å². The first-order chi connectivity index (χ1) is 18.2. The molecule has 1 aliphatic heterocycles. The van der Waals surface area contributed by atoms with E-state index in [9.17, 15) is 13.9 Å². The van der Waals surface area contributed by atoms with Crippen molar-refractivity contribution in [1.82, 2.24) is 4.98 Å². The molecule has 0 saturated heterocycles. The molecule has 5 aromatic rings. The number of anilines is 1. The molecule has 0 radical (unpaired) electrons. The third kappa shape index (κ3) is 3.85. The van der Waals surface area contributed by atoms with Crippen molar-refractivity contribution in [3.05, 3.63) is 107 Å². The summed E-state index contributed by atoms with van der Waals surface area (Å²) >= 11 is 1.40. The van der Waals surface area contributed by atoms with Gasteiger partial charge < -0.3 is 5.32 Å². The molecule has 1 aliphatic rings. The van der Waals surface area contributed by atoms with Gasteiger partial charge in [-0.2, -0.15) is 0 Å². The topological polar surface area (TPSA) is 82.5 Å². The number of aryl methyl sites for hydroxylation is 1. The second-order valence-electron chi connectivity index (χ2n) is 10.2. The number of rotatable bonds is 4. The monoisotopic (exact) mass is 540 g/mol. The summed E-state index contributed by atoms with van der Waals surface area (Å²) in [6, 6.07) is 27.1. The molecule has 0 spiro atoms. The van der Waals surface area contributed by atoms with Crippen LogP contribution in [0.4, 0.5) is 5.13 Å². The molecule has 0 bridgehead atoms. The molecular weight excluding hydrogens is 512 g/mol. The second kappa shape index (κ2) is 9.06. The molecule has 2 heterocycles. The van der Waals surface area contributed by atoms with E-state index in [1.54, 1.807) is 24.3 Å². The minimum Gasteiger partial charge on any atom is -0.301 e. The quantitative estimate of drug-likeness (QED) is 0.213. The summed E-state index contributed by atoms with van der Waals surface area (Å²) in [6.45, 7) is 5.90. The Kier molecular flexibility index (Phi) is 5.92. The van der Waals surface area contributed by atoms with E-state index >= 15 is 0 Å².